The molecule has 1 aliphatic carbocycles. The monoisotopic (exact) mass is 246 g/mol. The number of rotatable bonds is 4. The van der Waals surface area contributed by atoms with E-state index in [-0.39, 0.29) is 0 Å². The molecule has 5 heteroatoms. The molecule has 2 aromatic rings. The maximum absolute atomic E-state index is 10.4. The third-order valence-electron chi connectivity index (χ3n) is 3.95. The summed E-state index contributed by atoms with van der Waals surface area (Å²) in [6.07, 6.45) is 6.85. The fourth-order valence-electron chi connectivity index (χ4n) is 2.44. The number of aromatic amines is 1. The average molecular weight is 246 g/mol. The van der Waals surface area contributed by atoms with Crippen molar-refractivity contribution >= 4 is 16.9 Å². The predicted molar refractivity (Wildman–Crippen MR) is 70.3 cm³/mol. The van der Waals surface area contributed by atoms with Gasteiger partial charge in [-0.05, 0) is 31.7 Å². The molecule has 1 unspecified atom stereocenters. The molecule has 1 atom stereocenters. The summed E-state index contributed by atoms with van der Waals surface area (Å²) in [5.41, 5.74) is 1.88. The van der Waals surface area contributed by atoms with Gasteiger partial charge in [-0.3, -0.25) is 0 Å². The van der Waals surface area contributed by atoms with Crippen molar-refractivity contribution in [3.05, 3.63) is 18.6 Å². The van der Waals surface area contributed by atoms with Crippen molar-refractivity contribution in [3.8, 4) is 0 Å². The third kappa shape index (κ3) is 1.95. The molecule has 0 aliphatic heterocycles. The standard InChI is InChI=1S/C13H18N4O/c1-13(18,9-3-2-4-9)7-15-10-5-6-14-12-11(10)16-8-17-12/h5-6,8-9,18H,2-4,7H2,1H3,(H2,14,15,16,17). The van der Waals surface area contributed by atoms with Gasteiger partial charge >= 0.3 is 0 Å². The Morgan fingerprint density at radius 1 is 1.50 bits per heavy atom. The van der Waals surface area contributed by atoms with Gasteiger partial charge in [-0.15, -0.1) is 0 Å². The predicted octanol–water partition coefficient (Wildman–Crippen LogP) is 1.92. The molecule has 0 bridgehead atoms. The Hall–Kier alpha value is -1.62. The summed E-state index contributed by atoms with van der Waals surface area (Å²) in [5, 5.41) is 13.7. The summed E-state index contributed by atoms with van der Waals surface area (Å²) in [6.45, 7) is 2.46. The van der Waals surface area contributed by atoms with E-state index in [4.69, 9.17) is 0 Å². The minimum Gasteiger partial charge on any atom is -0.388 e. The van der Waals surface area contributed by atoms with Crippen LogP contribution in [-0.2, 0) is 0 Å². The summed E-state index contributed by atoms with van der Waals surface area (Å²) in [6, 6.07) is 1.90. The van der Waals surface area contributed by atoms with Crippen LogP contribution in [0.5, 0.6) is 0 Å². The van der Waals surface area contributed by atoms with E-state index in [0.717, 1.165) is 24.0 Å². The molecule has 1 fully saturated rings. The number of H-pyrrole nitrogens is 1. The highest BCUT2D eigenvalue weighted by molar-refractivity contribution is 5.84. The lowest BCUT2D eigenvalue weighted by atomic mass is 9.73. The SMILES string of the molecule is CC(O)(CNc1ccnc2nc[nH]c12)C1CCC1. The van der Waals surface area contributed by atoms with Gasteiger partial charge in [0.05, 0.1) is 17.6 Å². The molecular weight excluding hydrogens is 228 g/mol. The number of pyridine rings is 1. The van der Waals surface area contributed by atoms with Crippen molar-refractivity contribution in [3.63, 3.8) is 0 Å². The Balaban J connectivity index is 1.74. The van der Waals surface area contributed by atoms with Gasteiger partial charge in [0.2, 0.25) is 0 Å². The second-order valence-corrected chi connectivity index (χ2v) is 5.30. The van der Waals surface area contributed by atoms with E-state index in [0.29, 0.717) is 18.1 Å². The van der Waals surface area contributed by atoms with Crippen molar-refractivity contribution in [1.29, 1.82) is 0 Å². The molecule has 3 rings (SSSR count). The molecule has 1 saturated carbocycles. The van der Waals surface area contributed by atoms with Crippen LogP contribution in [0.1, 0.15) is 26.2 Å². The topological polar surface area (TPSA) is 73.8 Å². The summed E-state index contributed by atoms with van der Waals surface area (Å²) >= 11 is 0. The van der Waals surface area contributed by atoms with E-state index in [1.54, 1.807) is 12.5 Å². The van der Waals surface area contributed by atoms with Crippen LogP contribution in [0.2, 0.25) is 0 Å². The highest BCUT2D eigenvalue weighted by Gasteiger charge is 2.35. The number of fused-ring (bicyclic) bond motifs is 1. The van der Waals surface area contributed by atoms with Gasteiger partial charge < -0.3 is 15.4 Å². The molecule has 5 nitrogen and oxygen atoms in total. The van der Waals surface area contributed by atoms with Crippen LogP contribution in [0, 0.1) is 5.92 Å². The van der Waals surface area contributed by atoms with E-state index in [1.165, 1.54) is 6.42 Å². The van der Waals surface area contributed by atoms with Gasteiger partial charge in [0.1, 0.15) is 5.52 Å². The Labute approximate surface area is 106 Å². The molecule has 18 heavy (non-hydrogen) atoms. The maximum atomic E-state index is 10.4. The number of anilines is 1. The zero-order chi connectivity index (χ0) is 12.6. The van der Waals surface area contributed by atoms with Gasteiger partial charge in [-0.2, -0.15) is 0 Å². The first kappa shape index (κ1) is 11.5. The summed E-state index contributed by atoms with van der Waals surface area (Å²) in [5.74, 6) is 0.420. The quantitative estimate of drug-likeness (QED) is 0.770. The van der Waals surface area contributed by atoms with Crippen LogP contribution in [-0.4, -0.2) is 32.2 Å². The second-order valence-electron chi connectivity index (χ2n) is 5.30. The molecule has 0 spiro atoms. The second kappa shape index (κ2) is 4.24. The van der Waals surface area contributed by atoms with Crippen LogP contribution >= 0.6 is 0 Å². The lowest BCUT2D eigenvalue weighted by molar-refractivity contribution is -0.0230. The van der Waals surface area contributed by atoms with E-state index >= 15 is 0 Å². The number of imidazole rings is 1. The normalized spacial score (nSPS) is 19.4. The highest BCUT2D eigenvalue weighted by Crippen LogP contribution is 2.36. The highest BCUT2D eigenvalue weighted by atomic mass is 16.3. The lowest BCUT2D eigenvalue weighted by Gasteiger charge is -2.39. The Morgan fingerprint density at radius 2 is 2.33 bits per heavy atom. The maximum Gasteiger partial charge on any atom is 0.179 e. The smallest absolute Gasteiger partial charge is 0.179 e. The lowest BCUT2D eigenvalue weighted by Crippen LogP contribution is -2.44. The summed E-state index contributed by atoms with van der Waals surface area (Å²) in [4.78, 5) is 11.3. The van der Waals surface area contributed by atoms with Gasteiger partial charge in [0, 0.05) is 12.7 Å². The number of hydrogen-bond donors (Lipinski definition) is 3. The van der Waals surface area contributed by atoms with Crippen LogP contribution < -0.4 is 5.32 Å². The molecule has 2 heterocycles. The first-order valence-electron chi connectivity index (χ1n) is 6.41. The molecule has 0 amide bonds. The zero-order valence-electron chi connectivity index (χ0n) is 10.5. The van der Waals surface area contributed by atoms with Crippen molar-refractivity contribution in [1.82, 2.24) is 15.0 Å². The number of nitrogens with zero attached hydrogens (tertiary/aromatic N) is 2. The van der Waals surface area contributed by atoms with Gasteiger partial charge in [0.25, 0.3) is 0 Å². The summed E-state index contributed by atoms with van der Waals surface area (Å²) < 4.78 is 0. The van der Waals surface area contributed by atoms with Gasteiger partial charge in [-0.1, -0.05) is 6.42 Å². The Bertz CT molecular complexity index is 545. The van der Waals surface area contributed by atoms with Crippen LogP contribution in [0.3, 0.4) is 0 Å². The Morgan fingerprint density at radius 3 is 3.06 bits per heavy atom. The number of hydrogen-bond acceptors (Lipinski definition) is 4. The van der Waals surface area contributed by atoms with E-state index in [1.807, 2.05) is 13.0 Å². The van der Waals surface area contributed by atoms with Crippen LogP contribution in [0.4, 0.5) is 5.69 Å². The average Bonchev–Trinajstić information content (AvgIpc) is 2.71. The first-order valence-corrected chi connectivity index (χ1v) is 6.41. The third-order valence-corrected chi connectivity index (χ3v) is 3.95. The van der Waals surface area contributed by atoms with Gasteiger partial charge in [-0.25, -0.2) is 9.97 Å². The van der Waals surface area contributed by atoms with E-state index in [2.05, 4.69) is 20.3 Å². The fourth-order valence-corrected chi connectivity index (χ4v) is 2.44. The number of aromatic nitrogens is 3. The number of nitrogens with one attached hydrogen (secondary N) is 2. The number of aliphatic hydroxyl groups is 1. The molecule has 3 N–H and O–H groups in total. The van der Waals surface area contributed by atoms with Crippen molar-refractivity contribution in [2.75, 3.05) is 11.9 Å². The van der Waals surface area contributed by atoms with E-state index in [9.17, 15) is 5.11 Å². The van der Waals surface area contributed by atoms with Crippen molar-refractivity contribution < 1.29 is 5.11 Å². The Kier molecular flexibility index (Phi) is 2.70. The molecule has 0 radical (unpaired) electrons. The molecule has 0 aromatic carbocycles. The molecule has 1 aliphatic rings. The van der Waals surface area contributed by atoms with Crippen molar-refractivity contribution in [2.45, 2.75) is 31.8 Å². The molecule has 96 valence electrons. The largest absolute Gasteiger partial charge is 0.388 e. The van der Waals surface area contributed by atoms with Crippen LogP contribution in [0.25, 0.3) is 11.2 Å². The van der Waals surface area contributed by atoms with E-state index < -0.39 is 5.60 Å². The fraction of sp³-hybridized carbons (Fsp3) is 0.538. The summed E-state index contributed by atoms with van der Waals surface area (Å²) in [7, 11) is 0. The molecule has 0 saturated heterocycles. The first-order chi connectivity index (χ1) is 8.67. The zero-order valence-corrected chi connectivity index (χ0v) is 10.5. The molecule has 2 aromatic heterocycles. The van der Waals surface area contributed by atoms with Crippen LogP contribution in [0.15, 0.2) is 18.6 Å². The van der Waals surface area contributed by atoms with Gasteiger partial charge in [0.15, 0.2) is 5.65 Å². The minimum absolute atomic E-state index is 0.420. The molecular formula is C13H18N4O. The minimum atomic E-state index is -0.645. The van der Waals surface area contributed by atoms with Crippen molar-refractivity contribution in [2.24, 2.45) is 5.92 Å².